The smallest absolute Gasteiger partial charge is 0.326 e. The highest BCUT2D eigenvalue weighted by Gasteiger charge is 2.48. The van der Waals surface area contributed by atoms with Crippen molar-refractivity contribution < 1.29 is 19.4 Å². The fraction of sp³-hybridized carbons (Fsp3) is 0.500. The third kappa shape index (κ3) is 6.65. The van der Waals surface area contributed by atoms with Gasteiger partial charge < -0.3 is 24.5 Å². The van der Waals surface area contributed by atoms with Gasteiger partial charge in [-0.05, 0) is 55.3 Å². The van der Waals surface area contributed by atoms with Crippen molar-refractivity contribution in [2.24, 2.45) is 0 Å². The number of carboxylic acid groups (broad SMARTS) is 1. The van der Waals surface area contributed by atoms with Gasteiger partial charge in [-0.15, -0.1) is 0 Å². The molecule has 2 saturated heterocycles. The summed E-state index contributed by atoms with van der Waals surface area (Å²) in [6, 6.07) is 13.0. The Hall–Kier alpha value is -2.16. The number of carboxylic acids is 1. The molecule has 0 radical (unpaired) electrons. The fourth-order valence-electron chi connectivity index (χ4n) is 5.23. The first-order chi connectivity index (χ1) is 17.8. The molecule has 1 amide bonds. The van der Waals surface area contributed by atoms with Gasteiger partial charge in [0.25, 0.3) is 5.91 Å². The Labute approximate surface area is 228 Å². The third-order valence-corrected chi connectivity index (χ3v) is 7.83. The molecule has 9 heteroatoms. The number of carbonyl (C=O) groups excluding carboxylic acids is 1. The SMILES string of the molecule is CCC[C@H](C(=O)O)N1C(=O)[C@H](CCN2CCN(C)CC2)O[C@@H](c2ccc(Cl)cc2)[C@H]1c1ccc(Cl)cc1. The van der Waals surface area contributed by atoms with E-state index in [-0.39, 0.29) is 5.91 Å². The van der Waals surface area contributed by atoms with Gasteiger partial charge in [-0.25, -0.2) is 4.79 Å². The molecule has 0 unspecified atom stereocenters. The van der Waals surface area contributed by atoms with Crippen LogP contribution in [-0.4, -0.2) is 83.6 Å². The summed E-state index contributed by atoms with van der Waals surface area (Å²) in [5, 5.41) is 11.4. The van der Waals surface area contributed by atoms with E-state index in [1.807, 2.05) is 31.2 Å². The highest BCUT2D eigenvalue weighted by molar-refractivity contribution is 6.30. The van der Waals surface area contributed by atoms with Crippen LogP contribution in [0, 0.1) is 0 Å². The number of halogens is 2. The van der Waals surface area contributed by atoms with Gasteiger partial charge in [-0.3, -0.25) is 4.79 Å². The van der Waals surface area contributed by atoms with E-state index in [0.717, 1.165) is 37.3 Å². The number of benzene rings is 2. The minimum atomic E-state index is -1.01. The van der Waals surface area contributed by atoms with Gasteiger partial charge in [-0.2, -0.15) is 0 Å². The van der Waals surface area contributed by atoms with Crippen molar-refractivity contribution in [3.8, 4) is 0 Å². The van der Waals surface area contributed by atoms with Crippen LogP contribution in [0.4, 0.5) is 0 Å². The van der Waals surface area contributed by atoms with Crippen molar-refractivity contribution in [1.82, 2.24) is 14.7 Å². The quantitative estimate of drug-likeness (QED) is 0.481. The van der Waals surface area contributed by atoms with Crippen LogP contribution in [-0.2, 0) is 14.3 Å². The molecule has 0 aromatic heterocycles. The summed E-state index contributed by atoms with van der Waals surface area (Å²) in [4.78, 5) is 32.7. The van der Waals surface area contributed by atoms with Crippen LogP contribution in [0.5, 0.6) is 0 Å². The van der Waals surface area contributed by atoms with Crippen molar-refractivity contribution in [2.75, 3.05) is 39.8 Å². The van der Waals surface area contributed by atoms with E-state index in [0.29, 0.717) is 35.9 Å². The van der Waals surface area contributed by atoms with Crippen LogP contribution in [0.1, 0.15) is 49.5 Å². The Morgan fingerprint density at radius 1 is 1.00 bits per heavy atom. The van der Waals surface area contributed by atoms with Crippen molar-refractivity contribution in [1.29, 1.82) is 0 Å². The number of aliphatic carboxylic acids is 1. The van der Waals surface area contributed by atoms with Crippen LogP contribution < -0.4 is 0 Å². The van der Waals surface area contributed by atoms with Gasteiger partial charge in [0.15, 0.2) is 0 Å². The molecule has 2 aliphatic heterocycles. The van der Waals surface area contributed by atoms with Gasteiger partial charge in [-0.1, -0.05) is 60.8 Å². The van der Waals surface area contributed by atoms with Crippen LogP contribution in [0.15, 0.2) is 48.5 Å². The molecule has 4 rings (SSSR count). The zero-order valence-corrected chi connectivity index (χ0v) is 22.9. The van der Waals surface area contributed by atoms with Crippen LogP contribution in [0.3, 0.4) is 0 Å². The molecule has 4 atom stereocenters. The Morgan fingerprint density at radius 2 is 1.57 bits per heavy atom. The number of amides is 1. The number of nitrogens with zero attached hydrogens (tertiary/aromatic N) is 3. The predicted octanol–water partition coefficient (Wildman–Crippen LogP) is 4.89. The number of hydrogen-bond donors (Lipinski definition) is 1. The number of morpholine rings is 1. The van der Waals surface area contributed by atoms with E-state index in [1.54, 1.807) is 29.2 Å². The third-order valence-electron chi connectivity index (χ3n) is 7.32. The average molecular weight is 549 g/mol. The van der Waals surface area contributed by atoms with E-state index in [4.69, 9.17) is 27.9 Å². The van der Waals surface area contributed by atoms with Crippen molar-refractivity contribution in [2.45, 2.75) is 50.5 Å². The molecule has 7 nitrogen and oxygen atoms in total. The van der Waals surface area contributed by atoms with Gasteiger partial charge in [0.05, 0.1) is 6.04 Å². The largest absolute Gasteiger partial charge is 0.480 e. The van der Waals surface area contributed by atoms with Gasteiger partial charge in [0.1, 0.15) is 18.2 Å². The van der Waals surface area contributed by atoms with Gasteiger partial charge in [0.2, 0.25) is 0 Å². The second kappa shape index (κ2) is 12.6. The monoisotopic (exact) mass is 547 g/mol. The van der Waals surface area contributed by atoms with E-state index < -0.39 is 30.3 Å². The van der Waals surface area contributed by atoms with E-state index in [1.165, 1.54) is 0 Å². The maximum atomic E-state index is 14.0. The summed E-state index contributed by atoms with van der Waals surface area (Å²) in [5.74, 6) is -1.29. The molecule has 37 heavy (non-hydrogen) atoms. The first kappa shape index (κ1) is 27.9. The number of likely N-dealkylation sites (N-methyl/N-ethyl adjacent to an activating group) is 1. The van der Waals surface area contributed by atoms with Gasteiger partial charge in [0, 0.05) is 42.8 Å². The maximum absolute atomic E-state index is 14.0. The highest BCUT2D eigenvalue weighted by Crippen LogP contribution is 2.44. The number of rotatable bonds is 9. The Kier molecular flexibility index (Phi) is 9.48. The molecule has 2 fully saturated rings. The minimum Gasteiger partial charge on any atom is -0.480 e. The van der Waals surface area contributed by atoms with E-state index in [9.17, 15) is 14.7 Å². The summed E-state index contributed by atoms with van der Waals surface area (Å²) in [6.07, 6.45) is 0.167. The van der Waals surface area contributed by atoms with E-state index in [2.05, 4.69) is 16.8 Å². The second-order valence-electron chi connectivity index (χ2n) is 9.92. The number of piperazine rings is 1. The summed E-state index contributed by atoms with van der Waals surface area (Å²) >= 11 is 12.3. The zero-order chi connectivity index (χ0) is 26.5. The molecule has 0 bridgehead atoms. The van der Waals surface area contributed by atoms with Crippen molar-refractivity contribution in [3.63, 3.8) is 0 Å². The lowest BCUT2D eigenvalue weighted by atomic mass is 9.89. The highest BCUT2D eigenvalue weighted by atomic mass is 35.5. The van der Waals surface area contributed by atoms with Crippen LogP contribution in [0.2, 0.25) is 10.0 Å². The average Bonchev–Trinajstić information content (AvgIpc) is 2.88. The van der Waals surface area contributed by atoms with E-state index >= 15 is 0 Å². The Morgan fingerprint density at radius 3 is 2.11 bits per heavy atom. The first-order valence-corrected chi connectivity index (χ1v) is 13.7. The fourth-order valence-corrected chi connectivity index (χ4v) is 5.48. The zero-order valence-electron chi connectivity index (χ0n) is 21.4. The standard InChI is InChI=1S/C28H35Cl2N3O4/c1-3-4-23(28(35)36)33-25(19-5-9-21(29)10-6-19)26(20-7-11-22(30)12-8-20)37-24(27(33)34)13-14-32-17-15-31(2)16-18-32/h5-12,23-26H,3-4,13-18H2,1-2H3,(H,35,36)/t23-,24+,25-,26+/m1/s1. The summed E-state index contributed by atoms with van der Waals surface area (Å²) in [5.41, 5.74) is 1.62. The first-order valence-electron chi connectivity index (χ1n) is 12.9. The van der Waals surface area contributed by atoms with Crippen molar-refractivity contribution >= 4 is 35.1 Å². The van der Waals surface area contributed by atoms with Crippen LogP contribution >= 0.6 is 23.2 Å². The molecular formula is C28H35Cl2N3O4. The number of ether oxygens (including phenoxy) is 1. The molecule has 2 aliphatic rings. The maximum Gasteiger partial charge on any atom is 0.326 e. The molecular weight excluding hydrogens is 513 g/mol. The lowest BCUT2D eigenvalue weighted by Gasteiger charge is -2.47. The predicted molar refractivity (Wildman–Crippen MR) is 145 cm³/mol. The molecule has 2 aromatic carbocycles. The summed E-state index contributed by atoms with van der Waals surface area (Å²) in [7, 11) is 2.11. The lowest BCUT2D eigenvalue weighted by molar-refractivity contribution is -0.185. The van der Waals surface area contributed by atoms with Crippen LogP contribution in [0.25, 0.3) is 0 Å². The molecule has 0 spiro atoms. The van der Waals surface area contributed by atoms with Gasteiger partial charge >= 0.3 is 5.97 Å². The summed E-state index contributed by atoms with van der Waals surface area (Å²) < 4.78 is 6.58. The second-order valence-corrected chi connectivity index (χ2v) is 10.8. The summed E-state index contributed by atoms with van der Waals surface area (Å²) in [6.45, 7) is 6.47. The lowest BCUT2D eigenvalue weighted by Crippen LogP contribution is -2.57. The normalized spacial score (nSPS) is 24.3. The molecule has 2 heterocycles. The molecule has 2 aromatic rings. The molecule has 200 valence electrons. The Balaban J connectivity index is 1.72. The molecule has 0 aliphatic carbocycles. The van der Waals surface area contributed by atoms with Crippen molar-refractivity contribution in [3.05, 3.63) is 69.7 Å². The number of hydrogen-bond acceptors (Lipinski definition) is 5. The number of carbonyl (C=O) groups is 2. The topological polar surface area (TPSA) is 73.3 Å². The molecule has 0 saturated carbocycles. The minimum absolute atomic E-state index is 0.278. The Bertz CT molecular complexity index is 1060. The molecule has 1 N–H and O–H groups in total.